The Labute approximate surface area is 87.7 Å². The highest BCUT2D eigenvalue weighted by Crippen LogP contribution is 2.27. The van der Waals surface area contributed by atoms with Gasteiger partial charge in [0.25, 0.3) is 0 Å². The molecule has 0 radical (unpaired) electrons. The van der Waals surface area contributed by atoms with Gasteiger partial charge in [-0.3, -0.25) is 5.41 Å². The fourth-order valence-corrected chi connectivity index (χ4v) is 1.70. The molecule has 0 aliphatic carbocycles. The van der Waals surface area contributed by atoms with Crippen LogP contribution in [0.15, 0.2) is 36.4 Å². The van der Waals surface area contributed by atoms with E-state index < -0.39 is 0 Å². The molecule has 0 fully saturated rings. The van der Waals surface area contributed by atoms with Crippen LogP contribution in [0.5, 0.6) is 5.75 Å². The number of benzene rings is 2. The predicted octanol–water partition coefficient (Wildman–Crippen LogP) is 2.02. The van der Waals surface area contributed by atoms with E-state index in [1.54, 1.807) is 6.07 Å². The van der Waals surface area contributed by atoms with Crippen LogP contribution in [0.2, 0.25) is 0 Å². The summed E-state index contributed by atoms with van der Waals surface area (Å²) in [6, 6.07) is 11.2. The zero-order chi connectivity index (χ0) is 10.8. The highest BCUT2D eigenvalue weighted by Gasteiger charge is 2.07. The summed E-state index contributed by atoms with van der Waals surface area (Å²) in [5, 5.41) is 19.0. The van der Waals surface area contributed by atoms with Crippen molar-refractivity contribution in [3.8, 4) is 5.75 Å². The van der Waals surface area contributed by atoms with Crippen LogP contribution in [0.25, 0.3) is 10.8 Å². The van der Waals surface area contributed by atoms with Gasteiger partial charge in [-0.15, -0.1) is 0 Å². The SMILES string of the molecule is N=C(N)Cc1c(O)ccc2ccccc12. The van der Waals surface area contributed by atoms with Gasteiger partial charge in [-0.25, -0.2) is 0 Å². The van der Waals surface area contributed by atoms with E-state index in [4.69, 9.17) is 11.1 Å². The Kier molecular flexibility index (Phi) is 2.29. The third-order valence-electron chi connectivity index (χ3n) is 2.38. The number of amidine groups is 1. The van der Waals surface area contributed by atoms with Crippen molar-refractivity contribution < 1.29 is 5.11 Å². The predicted molar refractivity (Wildman–Crippen MR) is 61.2 cm³/mol. The van der Waals surface area contributed by atoms with Crippen LogP contribution in [-0.2, 0) is 6.42 Å². The normalized spacial score (nSPS) is 10.4. The molecule has 2 aromatic rings. The number of fused-ring (bicyclic) bond motifs is 1. The van der Waals surface area contributed by atoms with Crippen LogP contribution < -0.4 is 5.73 Å². The lowest BCUT2D eigenvalue weighted by atomic mass is 10.0. The van der Waals surface area contributed by atoms with Gasteiger partial charge in [-0.1, -0.05) is 30.3 Å². The summed E-state index contributed by atoms with van der Waals surface area (Å²) in [6.07, 6.45) is 0.285. The number of phenolic OH excluding ortho intramolecular Hbond substituents is 1. The Bertz CT molecular complexity index is 520. The molecule has 0 saturated carbocycles. The molecule has 76 valence electrons. The minimum atomic E-state index is 0.0571. The maximum atomic E-state index is 9.71. The standard InChI is InChI=1S/C12H12N2O/c13-12(14)7-10-9-4-2-1-3-8(9)5-6-11(10)15/h1-6,15H,7H2,(H3,13,14). The minimum Gasteiger partial charge on any atom is -0.508 e. The van der Waals surface area contributed by atoms with E-state index in [1.807, 2.05) is 30.3 Å². The third-order valence-corrected chi connectivity index (χ3v) is 2.38. The van der Waals surface area contributed by atoms with Crippen molar-refractivity contribution >= 4 is 16.6 Å². The Morgan fingerprint density at radius 2 is 1.93 bits per heavy atom. The van der Waals surface area contributed by atoms with E-state index in [2.05, 4.69) is 0 Å². The molecule has 0 saturated heterocycles. The van der Waals surface area contributed by atoms with Gasteiger partial charge in [-0.2, -0.15) is 0 Å². The van der Waals surface area contributed by atoms with Crippen LogP contribution in [-0.4, -0.2) is 10.9 Å². The number of nitrogens with two attached hydrogens (primary N) is 1. The Hall–Kier alpha value is -2.03. The van der Waals surface area contributed by atoms with Crippen LogP contribution in [0.3, 0.4) is 0 Å². The van der Waals surface area contributed by atoms with Crippen molar-refractivity contribution in [2.45, 2.75) is 6.42 Å². The first-order chi connectivity index (χ1) is 7.18. The zero-order valence-electron chi connectivity index (χ0n) is 8.20. The fraction of sp³-hybridized carbons (Fsp3) is 0.0833. The van der Waals surface area contributed by atoms with E-state index >= 15 is 0 Å². The van der Waals surface area contributed by atoms with Crippen molar-refractivity contribution in [3.63, 3.8) is 0 Å². The molecule has 4 N–H and O–H groups in total. The van der Waals surface area contributed by atoms with Crippen LogP contribution >= 0.6 is 0 Å². The molecular weight excluding hydrogens is 188 g/mol. The van der Waals surface area contributed by atoms with Gasteiger partial charge in [-0.05, 0) is 16.8 Å². The average molecular weight is 200 g/mol. The van der Waals surface area contributed by atoms with E-state index in [0.29, 0.717) is 0 Å². The fourth-order valence-electron chi connectivity index (χ4n) is 1.70. The summed E-state index contributed by atoms with van der Waals surface area (Å²) in [5.74, 6) is 0.255. The summed E-state index contributed by atoms with van der Waals surface area (Å²) in [5.41, 5.74) is 6.08. The summed E-state index contributed by atoms with van der Waals surface area (Å²) < 4.78 is 0. The van der Waals surface area contributed by atoms with Gasteiger partial charge in [0.15, 0.2) is 0 Å². The molecule has 0 heterocycles. The molecule has 0 bridgehead atoms. The quantitative estimate of drug-likeness (QED) is 0.512. The molecule has 0 aliphatic heterocycles. The maximum absolute atomic E-state index is 9.71. The topological polar surface area (TPSA) is 70.1 Å². The zero-order valence-corrected chi connectivity index (χ0v) is 8.20. The number of phenols is 1. The van der Waals surface area contributed by atoms with Crippen molar-refractivity contribution in [2.75, 3.05) is 0 Å². The number of rotatable bonds is 2. The highest BCUT2D eigenvalue weighted by molar-refractivity contribution is 5.92. The van der Waals surface area contributed by atoms with Crippen LogP contribution in [0, 0.1) is 5.41 Å². The Balaban J connectivity index is 2.68. The molecule has 3 nitrogen and oxygen atoms in total. The van der Waals surface area contributed by atoms with Gasteiger partial charge in [0.2, 0.25) is 0 Å². The van der Waals surface area contributed by atoms with Crippen LogP contribution in [0.1, 0.15) is 5.56 Å². The molecule has 2 rings (SSSR count). The molecule has 0 spiro atoms. The lowest BCUT2D eigenvalue weighted by molar-refractivity contribution is 0.471. The minimum absolute atomic E-state index is 0.0571. The number of hydrogen-bond acceptors (Lipinski definition) is 2. The second-order valence-corrected chi connectivity index (χ2v) is 3.49. The second-order valence-electron chi connectivity index (χ2n) is 3.49. The van der Waals surface area contributed by atoms with Crippen molar-refractivity contribution in [2.24, 2.45) is 5.73 Å². The first-order valence-corrected chi connectivity index (χ1v) is 4.71. The van der Waals surface area contributed by atoms with E-state index in [-0.39, 0.29) is 18.0 Å². The molecule has 0 atom stereocenters. The monoisotopic (exact) mass is 200 g/mol. The molecule has 3 heteroatoms. The maximum Gasteiger partial charge on any atom is 0.119 e. The van der Waals surface area contributed by atoms with Gasteiger partial charge in [0, 0.05) is 12.0 Å². The van der Waals surface area contributed by atoms with Crippen LogP contribution in [0.4, 0.5) is 0 Å². The molecule has 0 aromatic heterocycles. The molecule has 0 amide bonds. The van der Waals surface area contributed by atoms with Crippen molar-refractivity contribution in [1.29, 1.82) is 5.41 Å². The van der Waals surface area contributed by atoms with Crippen molar-refractivity contribution in [1.82, 2.24) is 0 Å². The summed E-state index contributed by atoms with van der Waals surface area (Å²) >= 11 is 0. The van der Waals surface area contributed by atoms with Gasteiger partial charge in [0.05, 0.1) is 5.84 Å². The molecular formula is C12H12N2O. The molecule has 0 unspecified atom stereocenters. The van der Waals surface area contributed by atoms with E-state index in [1.165, 1.54) is 0 Å². The van der Waals surface area contributed by atoms with E-state index in [9.17, 15) is 5.11 Å². The van der Waals surface area contributed by atoms with Gasteiger partial charge >= 0.3 is 0 Å². The Morgan fingerprint density at radius 1 is 1.20 bits per heavy atom. The average Bonchev–Trinajstić information content (AvgIpc) is 2.22. The first-order valence-electron chi connectivity index (χ1n) is 4.71. The van der Waals surface area contributed by atoms with Crippen molar-refractivity contribution in [3.05, 3.63) is 42.0 Å². The lowest BCUT2D eigenvalue weighted by Crippen LogP contribution is -2.13. The second kappa shape index (κ2) is 3.61. The smallest absolute Gasteiger partial charge is 0.119 e. The highest BCUT2D eigenvalue weighted by atomic mass is 16.3. The molecule has 15 heavy (non-hydrogen) atoms. The number of nitrogens with one attached hydrogen (secondary N) is 1. The molecule has 0 aliphatic rings. The largest absolute Gasteiger partial charge is 0.508 e. The van der Waals surface area contributed by atoms with Gasteiger partial charge in [0.1, 0.15) is 5.75 Å². The Morgan fingerprint density at radius 3 is 2.67 bits per heavy atom. The lowest BCUT2D eigenvalue weighted by Gasteiger charge is -2.07. The number of aromatic hydroxyl groups is 1. The summed E-state index contributed by atoms with van der Waals surface area (Å²) in [4.78, 5) is 0. The third kappa shape index (κ3) is 1.76. The van der Waals surface area contributed by atoms with Gasteiger partial charge < -0.3 is 10.8 Å². The van der Waals surface area contributed by atoms with E-state index in [0.717, 1.165) is 16.3 Å². The summed E-state index contributed by atoms with van der Waals surface area (Å²) in [6.45, 7) is 0. The molecule has 2 aromatic carbocycles. The first kappa shape index (κ1) is 9.52. The summed E-state index contributed by atoms with van der Waals surface area (Å²) in [7, 11) is 0. The number of hydrogen-bond donors (Lipinski definition) is 3.